The van der Waals surface area contributed by atoms with Gasteiger partial charge in [0.05, 0.1) is 24.6 Å². The van der Waals surface area contributed by atoms with Crippen LogP contribution in [0.4, 0.5) is 22.0 Å². The summed E-state index contributed by atoms with van der Waals surface area (Å²) >= 11 is 0. The first kappa shape index (κ1) is 16.6. The van der Waals surface area contributed by atoms with Crippen molar-refractivity contribution in [1.29, 1.82) is 0 Å². The fourth-order valence-corrected chi connectivity index (χ4v) is 2.63. The monoisotopic (exact) mass is 366 g/mol. The SMILES string of the molecule is COc1cc(Nc2nc(N)n(-c3cccc(F)c3)n2)ccc1-c1cnco1. The normalized spacial score (nSPS) is 10.7. The number of rotatable bonds is 5. The molecule has 0 saturated heterocycles. The molecule has 0 fully saturated rings. The molecule has 0 unspecified atom stereocenters. The number of nitrogens with zero attached hydrogens (tertiary/aromatic N) is 4. The van der Waals surface area contributed by atoms with Gasteiger partial charge >= 0.3 is 0 Å². The number of hydrogen-bond acceptors (Lipinski definition) is 7. The number of benzene rings is 2. The summed E-state index contributed by atoms with van der Waals surface area (Å²) in [5, 5.41) is 7.33. The van der Waals surface area contributed by atoms with Crippen LogP contribution in [0.3, 0.4) is 0 Å². The molecular weight excluding hydrogens is 351 g/mol. The topological polar surface area (TPSA) is 104 Å². The number of aromatic nitrogens is 4. The third-order valence-electron chi connectivity index (χ3n) is 3.84. The number of nitrogen functional groups attached to an aromatic ring is 1. The van der Waals surface area contributed by atoms with Crippen LogP contribution in [0.25, 0.3) is 17.0 Å². The fourth-order valence-electron chi connectivity index (χ4n) is 2.63. The summed E-state index contributed by atoms with van der Waals surface area (Å²) in [5.74, 6) is 1.20. The quantitative estimate of drug-likeness (QED) is 0.558. The van der Waals surface area contributed by atoms with Gasteiger partial charge in [-0.1, -0.05) is 6.07 Å². The third-order valence-corrected chi connectivity index (χ3v) is 3.84. The predicted octanol–water partition coefficient (Wildman–Crippen LogP) is 3.40. The minimum Gasteiger partial charge on any atom is -0.496 e. The second kappa shape index (κ2) is 6.79. The first-order valence-corrected chi connectivity index (χ1v) is 7.96. The van der Waals surface area contributed by atoms with Crippen molar-refractivity contribution in [3.63, 3.8) is 0 Å². The highest BCUT2D eigenvalue weighted by Gasteiger charge is 2.13. The highest BCUT2D eigenvalue weighted by molar-refractivity contribution is 5.70. The number of nitrogens with two attached hydrogens (primary N) is 1. The van der Waals surface area contributed by atoms with Gasteiger partial charge in [-0.3, -0.25) is 0 Å². The van der Waals surface area contributed by atoms with Gasteiger partial charge in [0.2, 0.25) is 11.9 Å². The smallest absolute Gasteiger partial charge is 0.248 e. The van der Waals surface area contributed by atoms with Crippen molar-refractivity contribution in [2.24, 2.45) is 0 Å². The van der Waals surface area contributed by atoms with Crippen LogP contribution < -0.4 is 15.8 Å². The van der Waals surface area contributed by atoms with Crippen molar-refractivity contribution in [1.82, 2.24) is 19.7 Å². The van der Waals surface area contributed by atoms with Crippen molar-refractivity contribution in [2.75, 3.05) is 18.2 Å². The lowest BCUT2D eigenvalue weighted by Gasteiger charge is -2.09. The van der Waals surface area contributed by atoms with Crippen LogP contribution in [0.15, 0.2) is 59.5 Å². The van der Waals surface area contributed by atoms with Crippen LogP contribution in [0.5, 0.6) is 5.75 Å². The highest BCUT2D eigenvalue weighted by atomic mass is 19.1. The number of methoxy groups -OCH3 is 1. The number of ether oxygens (including phenoxy) is 1. The maximum atomic E-state index is 13.4. The molecule has 3 N–H and O–H groups in total. The van der Waals surface area contributed by atoms with Gasteiger partial charge in [-0.2, -0.15) is 9.67 Å². The highest BCUT2D eigenvalue weighted by Crippen LogP contribution is 2.33. The molecule has 0 aliphatic carbocycles. The van der Waals surface area contributed by atoms with E-state index in [0.29, 0.717) is 22.9 Å². The van der Waals surface area contributed by atoms with Crippen molar-refractivity contribution in [2.45, 2.75) is 0 Å². The summed E-state index contributed by atoms with van der Waals surface area (Å²) in [7, 11) is 1.56. The molecule has 2 heterocycles. The fraction of sp³-hybridized carbons (Fsp3) is 0.0556. The Labute approximate surface area is 153 Å². The van der Waals surface area contributed by atoms with E-state index in [1.165, 1.54) is 23.2 Å². The van der Waals surface area contributed by atoms with Crippen molar-refractivity contribution >= 4 is 17.6 Å². The van der Waals surface area contributed by atoms with E-state index >= 15 is 0 Å². The summed E-state index contributed by atoms with van der Waals surface area (Å²) in [6.45, 7) is 0. The number of halogens is 1. The lowest BCUT2D eigenvalue weighted by Crippen LogP contribution is -2.02. The molecule has 0 aliphatic heterocycles. The standard InChI is InChI=1S/C18H15FN6O2/c1-26-15-8-12(5-6-14(15)16-9-21-10-27-16)22-18-23-17(20)25(24-18)13-4-2-3-11(19)7-13/h2-10H,1H3,(H3,20,22,23,24). The molecule has 27 heavy (non-hydrogen) atoms. The average Bonchev–Trinajstić information content (AvgIpc) is 3.31. The van der Waals surface area contributed by atoms with Crippen LogP contribution in [0.1, 0.15) is 0 Å². The molecule has 0 bridgehead atoms. The van der Waals surface area contributed by atoms with Crippen LogP contribution in [-0.4, -0.2) is 26.9 Å². The summed E-state index contributed by atoms with van der Waals surface area (Å²) in [6.07, 6.45) is 2.96. The maximum Gasteiger partial charge on any atom is 0.248 e. The van der Waals surface area contributed by atoms with Crippen LogP contribution in [-0.2, 0) is 0 Å². The minimum absolute atomic E-state index is 0.133. The largest absolute Gasteiger partial charge is 0.496 e. The summed E-state index contributed by atoms with van der Waals surface area (Å²) in [6, 6.07) is 11.4. The molecular formula is C18H15FN6O2. The van der Waals surface area contributed by atoms with Crippen LogP contribution in [0, 0.1) is 5.82 Å². The lowest BCUT2D eigenvalue weighted by atomic mass is 10.1. The van der Waals surface area contributed by atoms with Gasteiger partial charge < -0.3 is 20.2 Å². The van der Waals surface area contributed by atoms with Gasteiger partial charge in [0.25, 0.3) is 0 Å². The Morgan fingerprint density at radius 3 is 2.85 bits per heavy atom. The number of hydrogen-bond donors (Lipinski definition) is 2. The number of nitrogens with one attached hydrogen (secondary N) is 1. The molecule has 0 radical (unpaired) electrons. The van der Waals surface area contributed by atoms with Gasteiger partial charge in [-0.15, -0.1) is 5.10 Å². The van der Waals surface area contributed by atoms with E-state index in [1.807, 2.05) is 12.1 Å². The lowest BCUT2D eigenvalue weighted by molar-refractivity contribution is 0.415. The Hall–Kier alpha value is -3.88. The van der Waals surface area contributed by atoms with E-state index in [-0.39, 0.29) is 17.7 Å². The predicted molar refractivity (Wildman–Crippen MR) is 97.5 cm³/mol. The zero-order valence-electron chi connectivity index (χ0n) is 14.3. The molecule has 0 aliphatic rings. The Morgan fingerprint density at radius 2 is 2.11 bits per heavy atom. The van der Waals surface area contributed by atoms with Gasteiger partial charge in [0, 0.05) is 11.8 Å². The van der Waals surface area contributed by atoms with Crippen molar-refractivity contribution in [3.05, 3.63) is 60.9 Å². The summed E-state index contributed by atoms with van der Waals surface area (Å²) < 4.78 is 25.5. The molecule has 8 nitrogen and oxygen atoms in total. The maximum absolute atomic E-state index is 13.4. The molecule has 2 aromatic carbocycles. The van der Waals surface area contributed by atoms with Crippen LogP contribution in [0.2, 0.25) is 0 Å². The van der Waals surface area contributed by atoms with E-state index in [0.717, 1.165) is 5.56 Å². The van der Waals surface area contributed by atoms with Gasteiger partial charge in [-0.25, -0.2) is 9.37 Å². The van der Waals surface area contributed by atoms with E-state index < -0.39 is 0 Å². The molecule has 0 amide bonds. The van der Waals surface area contributed by atoms with E-state index in [1.54, 1.807) is 31.5 Å². The van der Waals surface area contributed by atoms with Crippen molar-refractivity contribution in [3.8, 4) is 22.8 Å². The van der Waals surface area contributed by atoms with E-state index in [9.17, 15) is 4.39 Å². The molecule has 0 saturated carbocycles. The molecule has 9 heteroatoms. The van der Waals surface area contributed by atoms with Gasteiger partial charge in [0.15, 0.2) is 12.2 Å². The zero-order chi connectivity index (χ0) is 18.8. The number of oxazole rings is 1. The summed E-state index contributed by atoms with van der Waals surface area (Å²) in [4.78, 5) is 8.08. The van der Waals surface area contributed by atoms with E-state index in [4.69, 9.17) is 14.9 Å². The average molecular weight is 366 g/mol. The second-order valence-electron chi connectivity index (χ2n) is 5.59. The summed E-state index contributed by atoms with van der Waals surface area (Å²) in [5.41, 5.74) is 7.83. The first-order valence-electron chi connectivity index (χ1n) is 7.96. The Balaban J connectivity index is 1.62. The zero-order valence-corrected chi connectivity index (χ0v) is 14.3. The molecule has 0 atom stereocenters. The van der Waals surface area contributed by atoms with Gasteiger partial charge in [-0.05, 0) is 30.3 Å². The third kappa shape index (κ3) is 3.30. The molecule has 4 rings (SSSR count). The van der Waals surface area contributed by atoms with Crippen LogP contribution >= 0.6 is 0 Å². The minimum atomic E-state index is -0.385. The molecule has 4 aromatic rings. The Bertz CT molecular complexity index is 1080. The number of anilines is 3. The Morgan fingerprint density at radius 1 is 1.22 bits per heavy atom. The Kier molecular flexibility index (Phi) is 4.17. The van der Waals surface area contributed by atoms with Gasteiger partial charge in [0.1, 0.15) is 11.6 Å². The second-order valence-corrected chi connectivity index (χ2v) is 5.59. The molecule has 136 valence electrons. The molecule has 2 aromatic heterocycles. The first-order chi connectivity index (χ1) is 13.1. The van der Waals surface area contributed by atoms with E-state index in [2.05, 4.69) is 20.4 Å². The van der Waals surface area contributed by atoms with Crippen molar-refractivity contribution < 1.29 is 13.5 Å². The molecule has 0 spiro atoms.